The summed E-state index contributed by atoms with van der Waals surface area (Å²) >= 11 is 4.98. The molecule has 6 heteroatoms. The molecule has 5 nitrogen and oxygen atoms in total. The van der Waals surface area contributed by atoms with Gasteiger partial charge < -0.3 is 0 Å². The van der Waals surface area contributed by atoms with Crippen molar-refractivity contribution in [2.45, 2.75) is 6.42 Å². The number of nitriles is 1. The molecule has 0 unspecified atom stereocenters. The van der Waals surface area contributed by atoms with Crippen LogP contribution in [0.3, 0.4) is 0 Å². The van der Waals surface area contributed by atoms with E-state index in [1.54, 1.807) is 24.3 Å². The van der Waals surface area contributed by atoms with Gasteiger partial charge in [0.1, 0.15) is 0 Å². The molecule has 84 valence electrons. The number of aromatic nitrogens is 3. The normalized spacial score (nSPS) is 9.82. The first kappa shape index (κ1) is 11.2. The highest BCUT2D eigenvalue weighted by atomic mass is 32.1. The summed E-state index contributed by atoms with van der Waals surface area (Å²) in [5.41, 5.74) is 0.504. The Morgan fingerprint density at radius 2 is 2.18 bits per heavy atom. The molecule has 2 aromatic rings. The minimum Gasteiger partial charge on any atom is -0.268 e. The lowest BCUT2D eigenvalue weighted by Crippen LogP contribution is -2.15. The summed E-state index contributed by atoms with van der Waals surface area (Å²) in [4.78, 5) is 12.2. The van der Waals surface area contributed by atoms with Crippen LogP contribution in [0.15, 0.2) is 30.3 Å². The Kier molecular flexibility index (Phi) is 3.12. The monoisotopic (exact) mass is 244 g/mol. The van der Waals surface area contributed by atoms with E-state index >= 15 is 0 Å². The fraction of sp³-hybridized carbons (Fsp3) is 0.0909. The zero-order valence-electron chi connectivity index (χ0n) is 8.75. The average molecular weight is 244 g/mol. The third-order valence-electron chi connectivity index (χ3n) is 2.20. The van der Waals surface area contributed by atoms with E-state index in [0.29, 0.717) is 11.4 Å². The molecule has 0 fully saturated rings. The van der Waals surface area contributed by atoms with Crippen molar-refractivity contribution in [1.29, 1.82) is 5.26 Å². The van der Waals surface area contributed by atoms with Crippen molar-refractivity contribution in [3.8, 4) is 6.07 Å². The number of aromatic amines is 1. The van der Waals surface area contributed by atoms with Gasteiger partial charge in [-0.3, -0.25) is 9.89 Å². The lowest BCUT2D eigenvalue weighted by atomic mass is 10.2. The lowest BCUT2D eigenvalue weighted by molar-refractivity contribution is 0.0955. The number of hydrogen-bond acceptors (Lipinski definition) is 4. The van der Waals surface area contributed by atoms with Gasteiger partial charge in [0, 0.05) is 5.56 Å². The van der Waals surface area contributed by atoms with Crippen molar-refractivity contribution >= 4 is 18.1 Å². The summed E-state index contributed by atoms with van der Waals surface area (Å²) in [6.45, 7) is 0. The van der Waals surface area contributed by atoms with E-state index < -0.39 is 0 Å². The fourth-order valence-electron chi connectivity index (χ4n) is 1.44. The predicted octanol–water partition coefficient (Wildman–Crippen LogP) is 1.70. The second-order valence-corrected chi connectivity index (χ2v) is 3.67. The van der Waals surface area contributed by atoms with Gasteiger partial charge in [0.15, 0.2) is 5.82 Å². The molecule has 0 saturated carbocycles. The first-order chi connectivity index (χ1) is 8.24. The van der Waals surface area contributed by atoms with Crippen LogP contribution in [0.25, 0.3) is 0 Å². The maximum Gasteiger partial charge on any atom is 0.265 e. The van der Waals surface area contributed by atoms with Gasteiger partial charge in [0.05, 0.1) is 12.5 Å². The first-order valence-corrected chi connectivity index (χ1v) is 5.28. The van der Waals surface area contributed by atoms with Crippen molar-refractivity contribution in [1.82, 2.24) is 14.8 Å². The summed E-state index contributed by atoms with van der Waals surface area (Å²) in [5, 5.41) is 15.0. The third-order valence-corrected chi connectivity index (χ3v) is 2.48. The summed E-state index contributed by atoms with van der Waals surface area (Å²) in [6, 6.07) is 10.7. The van der Waals surface area contributed by atoms with Crippen molar-refractivity contribution < 1.29 is 4.79 Å². The smallest absolute Gasteiger partial charge is 0.265 e. The minimum atomic E-state index is -0.283. The van der Waals surface area contributed by atoms with Gasteiger partial charge in [-0.2, -0.15) is 10.4 Å². The topological polar surface area (TPSA) is 74.5 Å². The van der Waals surface area contributed by atoms with E-state index in [4.69, 9.17) is 17.5 Å². The van der Waals surface area contributed by atoms with Gasteiger partial charge in [-0.05, 0) is 24.4 Å². The van der Waals surface area contributed by atoms with Crippen LogP contribution in [0.1, 0.15) is 16.2 Å². The van der Waals surface area contributed by atoms with Crippen molar-refractivity contribution in [2.75, 3.05) is 0 Å². The quantitative estimate of drug-likeness (QED) is 0.816. The van der Waals surface area contributed by atoms with Crippen LogP contribution in [0.4, 0.5) is 0 Å². The molecule has 2 rings (SSSR count). The lowest BCUT2D eigenvalue weighted by Gasteiger charge is -2.02. The van der Waals surface area contributed by atoms with Gasteiger partial charge in [-0.15, -0.1) is 0 Å². The number of carbonyl (C=O) groups is 1. The molecule has 0 radical (unpaired) electrons. The Hall–Kier alpha value is -2.26. The second-order valence-electron chi connectivity index (χ2n) is 3.29. The third kappa shape index (κ3) is 2.14. The van der Waals surface area contributed by atoms with Gasteiger partial charge >= 0.3 is 0 Å². The molecule has 17 heavy (non-hydrogen) atoms. The SMILES string of the molecule is N#CCc1n[nH]c(=S)n1C(=O)c1ccccc1. The van der Waals surface area contributed by atoms with Crippen LogP contribution >= 0.6 is 12.2 Å². The van der Waals surface area contributed by atoms with Crippen LogP contribution in [-0.2, 0) is 6.42 Å². The van der Waals surface area contributed by atoms with Gasteiger partial charge in [0.25, 0.3) is 5.91 Å². The number of carbonyl (C=O) groups excluding carboxylic acids is 1. The first-order valence-electron chi connectivity index (χ1n) is 4.87. The van der Waals surface area contributed by atoms with Gasteiger partial charge in [0.2, 0.25) is 4.77 Å². The number of H-pyrrole nitrogens is 1. The molecule has 0 aliphatic rings. The van der Waals surface area contributed by atoms with Crippen molar-refractivity contribution in [3.05, 3.63) is 46.5 Å². The molecule has 0 aliphatic heterocycles. The Balaban J connectivity index is 2.48. The molecule has 0 atom stereocenters. The highest BCUT2D eigenvalue weighted by molar-refractivity contribution is 7.71. The Bertz CT molecular complexity index is 635. The molecule has 0 amide bonds. The molecule has 1 aromatic heterocycles. The number of benzene rings is 1. The average Bonchev–Trinajstić information content (AvgIpc) is 2.71. The largest absolute Gasteiger partial charge is 0.268 e. The predicted molar refractivity (Wildman–Crippen MR) is 62.9 cm³/mol. The van der Waals surface area contributed by atoms with E-state index in [9.17, 15) is 4.79 Å². The van der Waals surface area contributed by atoms with Crippen LogP contribution in [0.5, 0.6) is 0 Å². The fourth-order valence-corrected chi connectivity index (χ4v) is 1.67. The molecule has 0 aliphatic carbocycles. The molecule has 0 spiro atoms. The Morgan fingerprint density at radius 3 is 2.82 bits per heavy atom. The van der Waals surface area contributed by atoms with Crippen LogP contribution < -0.4 is 0 Å². The summed E-state index contributed by atoms with van der Waals surface area (Å²) in [6.07, 6.45) is 0.0334. The zero-order chi connectivity index (χ0) is 12.3. The minimum absolute atomic E-state index is 0.0334. The maximum atomic E-state index is 12.2. The number of nitrogens with zero attached hydrogens (tertiary/aromatic N) is 3. The van der Waals surface area contributed by atoms with E-state index in [0.717, 1.165) is 0 Å². The van der Waals surface area contributed by atoms with E-state index in [2.05, 4.69) is 10.2 Å². The zero-order valence-corrected chi connectivity index (χ0v) is 9.57. The highest BCUT2D eigenvalue weighted by Gasteiger charge is 2.14. The molecular formula is C11H8N4OS. The van der Waals surface area contributed by atoms with E-state index in [1.165, 1.54) is 4.57 Å². The van der Waals surface area contributed by atoms with Crippen molar-refractivity contribution in [3.63, 3.8) is 0 Å². The Morgan fingerprint density at radius 1 is 1.47 bits per heavy atom. The molecule has 1 N–H and O–H groups in total. The van der Waals surface area contributed by atoms with Crippen LogP contribution in [-0.4, -0.2) is 20.7 Å². The van der Waals surface area contributed by atoms with Crippen LogP contribution in [0.2, 0.25) is 0 Å². The standard InChI is InChI=1S/C11H8N4OS/c12-7-6-9-13-14-11(17)15(9)10(16)8-4-2-1-3-5-8/h1-5H,6H2,(H,14,17). The second kappa shape index (κ2) is 4.72. The maximum absolute atomic E-state index is 12.2. The Labute approximate surface area is 102 Å². The summed E-state index contributed by atoms with van der Waals surface area (Å²) in [7, 11) is 0. The molecular weight excluding hydrogens is 236 g/mol. The number of hydrogen-bond donors (Lipinski definition) is 1. The van der Waals surface area contributed by atoms with E-state index in [1.807, 2.05) is 12.1 Å². The van der Waals surface area contributed by atoms with Crippen LogP contribution in [0, 0.1) is 16.1 Å². The molecule has 1 heterocycles. The van der Waals surface area contributed by atoms with Crippen molar-refractivity contribution in [2.24, 2.45) is 0 Å². The molecule has 0 saturated heterocycles. The van der Waals surface area contributed by atoms with Gasteiger partial charge in [-0.25, -0.2) is 4.57 Å². The van der Waals surface area contributed by atoms with E-state index in [-0.39, 0.29) is 17.1 Å². The summed E-state index contributed by atoms with van der Waals surface area (Å²) < 4.78 is 1.44. The summed E-state index contributed by atoms with van der Waals surface area (Å²) in [5.74, 6) is 0.0425. The molecule has 0 bridgehead atoms. The highest BCUT2D eigenvalue weighted by Crippen LogP contribution is 2.06. The number of rotatable bonds is 2. The number of nitrogens with one attached hydrogen (secondary N) is 1. The van der Waals surface area contributed by atoms with Gasteiger partial charge in [-0.1, -0.05) is 18.2 Å². The molecule has 1 aromatic carbocycles.